The van der Waals surface area contributed by atoms with Gasteiger partial charge >= 0.3 is 12.1 Å². The van der Waals surface area contributed by atoms with E-state index in [1.807, 2.05) is 0 Å². The highest BCUT2D eigenvalue weighted by Crippen LogP contribution is 2.46. The smallest absolute Gasteiger partial charge is 0.415 e. The predicted molar refractivity (Wildman–Crippen MR) is 147 cm³/mol. The van der Waals surface area contributed by atoms with Gasteiger partial charge < -0.3 is 19.5 Å². The average Bonchev–Trinajstić information content (AvgIpc) is 2.90. The molecule has 3 rings (SSSR count). The fraction of sp³-hybridized carbons (Fsp3) is 0.704. The van der Waals surface area contributed by atoms with Crippen molar-refractivity contribution in [3.05, 3.63) is 33.8 Å². The van der Waals surface area contributed by atoms with Gasteiger partial charge in [-0.05, 0) is 56.2 Å². The number of rotatable bonds is 11. The molecule has 0 saturated heterocycles. The zero-order valence-electron chi connectivity index (χ0n) is 22.0. The molecule has 2 unspecified atom stereocenters. The van der Waals surface area contributed by atoms with E-state index < -0.39 is 38.5 Å². The molecule has 0 aromatic heterocycles. The molecule has 0 radical (unpaired) electrons. The maximum Gasteiger partial charge on any atom is 0.415 e. The first-order valence-electron chi connectivity index (χ1n) is 13.6. The van der Waals surface area contributed by atoms with Gasteiger partial charge in [0.05, 0.1) is 22.0 Å². The Balaban J connectivity index is 1.64. The quantitative estimate of drug-likeness (QED) is 0.160. The van der Waals surface area contributed by atoms with Gasteiger partial charge in [0.1, 0.15) is 6.23 Å². The summed E-state index contributed by atoms with van der Waals surface area (Å²) in [6, 6.07) is 4.14. The Bertz CT molecular complexity index is 982. The number of aliphatic hydroxyl groups is 1. The Hall–Kier alpha value is -1.31. The van der Waals surface area contributed by atoms with Crippen molar-refractivity contribution in [2.75, 3.05) is 19.1 Å². The van der Waals surface area contributed by atoms with Crippen LogP contribution in [0.3, 0.4) is 0 Å². The molecule has 214 valence electrons. The summed E-state index contributed by atoms with van der Waals surface area (Å²) in [4.78, 5) is 37.1. The molecule has 1 aromatic rings. The molecular weight excluding hydrogens is 552 g/mol. The predicted octanol–water partition coefficient (Wildman–Crippen LogP) is 7.13. The van der Waals surface area contributed by atoms with E-state index in [0.29, 0.717) is 10.6 Å². The van der Waals surface area contributed by atoms with Gasteiger partial charge in [0.25, 0.3) is 0 Å². The van der Waals surface area contributed by atoms with Gasteiger partial charge in [0, 0.05) is 18.7 Å². The van der Waals surface area contributed by atoms with E-state index in [0.717, 1.165) is 69.1 Å². The number of halogens is 2. The first-order valence-corrected chi connectivity index (χ1v) is 16.4. The summed E-state index contributed by atoms with van der Waals surface area (Å²) < 4.78 is 23.3. The van der Waals surface area contributed by atoms with Crippen molar-refractivity contribution < 1.29 is 33.6 Å². The molecule has 2 fully saturated rings. The molecule has 2 N–H and O–H groups in total. The molecule has 38 heavy (non-hydrogen) atoms. The largest absolute Gasteiger partial charge is 0.428 e. The van der Waals surface area contributed by atoms with Crippen LogP contribution in [0.1, 0.15) is 89.2 Å². The summed E-state index contributed by atoms with van der Waals surface area (Å²) in [6.45, 7) is 1.10. The number of nitrogens with zero attached hydrogens (tertiary/aromatic N) is 1. The Morgan fingerprint density at radius 2 is 1.66 bits per heavy atom. The number of benzene rings is 1. The van der Waals surface area contributed by atoms with Gasteiger partial charge in [-0.1, -0.05) is 67.8 Å². The van der Waals surface area contributed by atoms with Gasteiger partial charge in [-0.3, -0.25) is 14.3 Å². The van der Waals surface area contributed by atoms with Crippen molar-refractivity contribution in [3.63, 3.8) is 0 Å². The molecule has 0 bridgehead atoms. The zero-order chi connectivity index (χ0) is 27.7. The van der Waals surface area contributed by atoms with E-state index in [2.05, 4.69) is 0 Å². The van der Waals surface area contributed by atoms with Crippen LogP contribution >= 0.6 is 30.6 Å². The highest BCUT2D eigenvalue weighted by molar-refractivity contribution is 7.58. The summed E-state index contributed by atoms with van der Waals surface area (Å²) in [6.07, 6.45) is 7.41. The van der Waals surface area contributed by atoms with Gasteiger partial charge in [-0.25, -0.2) is 4.79 Å². The first kappa shape index (κ1) is 31.2. The molecule has 2 aliphatic carbocycles. The average molecular weight is 592 g/mol. The van der Waals surface area contributed by atoms with Gasteiger partial charge in [-0.2, -0.15) is 0 Å². The summed E-state index contributed by atoms with van der Waals surface area (Å²) in [5.74, 6) is -0.375. The van der Waals surface area contributed by atoms with Crippen molar-refractivity contribution in [1.29, 1.82) is 0 Å². The molecular formula is C27H40Cl2NO7P. The van der Waals surface area contributed by atoms with Crippen molar-refractivity contribution in [2.24, 2.45) is 11.8 Å². The first-order chi connectivity index (χ1) is 18.1. The standard InChI is InChI=1S/C27H40Cl2NO7P/c1-19(22-12-13-23(28)24(29)16-22)30(27(33)37-18-36-26(32)21-10-6-3-7-11-21)25(31)14-15-38(34,35)17-20-8-4-2-5-9-20/h12-13,16,19-21,25,31H,2-11,14-15,17-18H2,1H3,(H,34,35)/t19-,25?/m0/s1. The number of hydrogen-bond acceptors (Lipinski definition) is 6. The normalized spacial score (nSPS) is 20.2. The Labute approximate surface area is 235 Å². The third kappa shape index (κ3) is 9.41. The zero-order valence-corrected chi connectivity index (χ0v) is 24.4. The number of esters is 1. The van der Waals surface area contributed by atoms with Crippen molar-refractivity contribution in [2.45, 2.75) is 89.8 Å². The van der Waals surface area contributed by atoms with Crippen LogP contribution in [-0.4, -0.2) is 52.3 Å². The number of aliphatic hydroxyl groups excluding tert-OH is 1. The minimum absolute atomic E-state index is 0.108. The third-order valence-electron chi connectivity index (χ3n) is 7.70. The molecule has 3 atom stereocenters. The molecule has 0 heterocycles. The lowest BCUT2D eigenvalue weighted by Gasteiger charge is -2.33. The fourth-order valence-electron chi connectivity index (χ4n) is 5.46. The monoisotopic (exact) mass is 591 g/mol. The minimum Gasteiger partial charge on any atom is -0.428 e. The molecule has 8 nitrogen and oxygen atoms in total. The van der Waals surface area contributed by atoms with Crippen LogP contribution in [0.25, 0.3) is 0 Å². The number of amides is 1. The van der Waals surface area contributed by atoms with Gasteiger partial charge in [-0.15, -0.1) is 0 Å². The van der Waals surface area contributed by atoms with Crippen LogP contribution in [0.2, 0.25) is 10.0 Å². The lowest BCUT2D eigenvalue weighted by atomic mass is 9.89. The second kappa shape index (κ2) is 14.9. The lowest BCUT2D eigenvalue weighted by molar-refractivity contribution is -0.159. The minimum atomic E-state index is -3.50. The van der Waals surface area contributed by atoms with E-state index in [4.69, 9.17) is 32.7 Å². The van der Waals surface area contributed by atoms with Crippen molar-refractivity contribution in [3.8, 4) is 0 Å². The van der Waals surface area contributed by atoms with Crippen LogP contribution in [0.15, 0.2) is 18.2 Å². The van der Waals surface area contributed by atoms with Crippen LogP contribution < -0.4 is 0 Å². The summed E-state index contributed by atoms with van der Waals surface area (Å²) in [5.41, 5.74) is 0.587. The van der Waals surface area contributed by atoms with Crippen molar-refractivity contribution in [1.82, 2.24) is 4.90 Å². The Kier molecular flexibility index (Phi) is 12.2. The fourth-order valence-corrected chi connectivity index (χ4v) is 7.76. The molecule has 2 saturated carbocycles. The maximum atomic E-state index is 13.1. The summed E-state index contributed by atoms with van der Waals surface area (Å²) >= 11 is 12.2. The van der Waals surface area contributed by atoms with E-state index in [1.54, 1.807) is 25.1 Å². The number of carbonyl (C=O) groups is 2. The third-order valence-corrected chi connectivity index (χ3v) is 10.5. The lowest BCUT2D eigenvalue weighted by Crippen LogP contribution is -2.43. The summed E-state index contributed by atoms with van der Waals surface area (Å²) in [5, 5.41) is 11.7. The molecule has 2 aliphatic rings. The van der Waals surface area contributed by atoms with Gasteiger partial charge in [0.2, 0.25) is 14.2 Å². The van der Waals surface area contributed by atoms with Crippen molar-refractivity contribution >= 4 is 42.6 Å². The van der Waals surface area contributed by atoms with Gasteiger partial charge in [0.15, 0.2) is 0 Å². The topological polar surface area (TPSA) is 113 Å². The number of carbonyl (C=O) groups excluding carboxylic acids is 2. The molecule has 0 spiro atoms. The second-order valence-electron chi connectivity index (χ2n) is 10.6. The highest BCUT2D eigenvalue weighted by atomic mass is 35.5. The maximum absolute atomic E-state index is 13.1. The SMILES string of the molecule is C[C@@H](c1ccc(Cl)c(Cl)c1)N(C(=O)OCOC(=O)C1CCCCC1)C(O)CCP(=O)(O)CC1CCCCC1. The van der Waals surface area contributed by atoms with Crippen LogP contribution in [0.5, 0.6) is 0 Å². The number of hydrogen-bond donors (Lipinski definition) is 2. The molecule has 0 aliphatic heterocycles. The Morgan fingerprint density at radius 1 is 1.03 bits per heavy atom. The molecule has 1 aromatic carbocycles. The Morgan fingerprint density at radius 3 is 2.29 bits per heavy atom. The van der Waals surface area contributed by atoms with Crippen LogP contribution in [0, 0.1) is 11.8 Å². The number of ether oxygens (including phenoxy) is 2. The van der Waals surface area contributed by atoms with E-state index >= 15 is 0 Å². The molecule has 11 heteroatoms. The van der Waals surface area contributed by atoms with E-state index in [-0.39, 0.29) is 35.6 Å². The van der Waals surface area contributed by atoms with E-state index in [1.165, 1.54) is 0 Å². The summed E-state index contributed by atoms with van der Waals surface area (Å²) in [7, 11) is -3.50. The van der Waals surface area contributed by atoms with Crippen LogP contribution in [0.4, 0.5) is 4.79 Å². The second-order valence-corrected chi connectivity index (χ2v) is 13.9. The van der Waals surface area contributed by atoms with E-state index in [9.17, 15) is 24.2 Å². The highest BCUT2D eigenvalue weighted by Gasteiger charge is 2.33. The molecule has 1 amide bonds. The van der Waals surface area contributed by atoms with Crippen LogP contribution in [-0.2, 0) is 18.8 Å².